The Labute approximate surface area is 128 Å². The number of rotatable bonds is 3. The summed E-state index contributed by atoms with van der Waals surface area (Å²) in [7, 11) is 0. The van der Waals surface area contributed by atoms with E-state index < -0.39 is 5.63 Å². The van der Waals surface area contributed by atoms with Crippen molar-refractivity contribution in [1.82, 2.24) is 4.90 Å². The van der Waals surface area contributed by atoms with E-state index in [1.165, 1.54) is 6.07 Å². The first-order chi connectivity index (χ1) is 10.0. The van der Waals surface area contributed by atoms with Crippen molar-refractivity contribution in [3.63, 3.8) is 0 Å². The van der Waals surface area contributed by atoms with Crippen molar-refractivity contribution in [3.8, 4) is 5.75 Å². The Kier molecular flexibility index (Phi) is 3.59. The van der Waals surface area contributed by atoms with E-state index in [4.69, 9.17) is 13.6 Å². The third kappa shape index (κ3) is 3.02. The topological polar surface area (TPSA) is 72.9 Å². The summed E-state index contributed by atoms with van der Waals surface area (Å²) in [6, 6.07) is 6.23. The lowest BCUT2D eigenvalue weighted by molar-refractivity contribution is 0.0151. The van der Waals surface area contributed by atoms with E-state index in [0.29, 0.717) is 29.3 Å². The van der Waals surface area contributed by atoms with Gasteiger partial charge in [-0.1, -0.05) is 0 Å². The van der Waals surface area contributed by atoms with Gasteiger partial charge in [-0.05, 0) is 35.0 Å². The first kappa shape index (κ1) is 13.9. The lowest BCUT2D eigenvalue weighted by atomic mass is 10.1. The molecule has 1 fully saturated rings. The Morgan fingerprint density at radius 1 is 1.33 bits per heavy atom. The van der Waals surface area contributed by atoms with Crippen LogP contribution in [-0.2, 0) is 0 Å². The second-order valence-corrected chi connectivity index (χ2v) is 5.56. The highest BCUT2D eigenvalue weighted by Gasteiger charge is 2.34. The zero-order valence-electron chi connectivity index (χ0n) is 11.2. The fourth-order valence-corrected chi connectivity index (χ4v) is 2.41. The van der Waals surface area contributed by atoms with Gasteiger partial charge in [0.2, 0.25) is 0 Å². The van der Waals surface area contributed by atoms with Crippen LogP contribution in [0, 0.1) is 6.92 Å². The molecule has 6 nitrogen and oxygen atoms in total. The molecule has 110 valence electrons. The number of hydrogen-bond acceptors (Lipinski definition) is 5. The highest BCUT2D eigenvalue weighted by Crippen LogP contribution is 2.21. The average Bonchev–Trinajstić information content (AvgIpc) is 2.78. The second kappa shape index (κ2) is 5.40. The number of likely N-dealkylation sites (tertiary alicyclic amines) is 1. The van der Waals surface area contributed by atoms with Gasteiger partial charge in [0, 0.05) is 6.07 Å². The Balaban J connectivity index is 1.58. The van der Waals surface area contributed by atoms with Gasteiger partial charge in [0.25, 0.3) is 5.91 Å². The van der Waals surface area contributed by atoms with E-state index in [1.54, 1.807) is 30.0 Å². The van der Waals surface area contributed by atoms with Crippen molar-refractivity contribution < 1.29 is 18.4 Å². The molecular weight excluding hydrogens is 342 g/mol. The number of amides is 1. The number of aryl methyl sites for hydroxylation is 1. The van der Waals surface area contributed by atoms with Crippen LogP contribution >= 0.6 is 15.9 Å². The molecule has 0 spiro atoms. The number of carbonyl (C=O) groups excluding carboxylic acids is 1. The smallest absolute Gasteiger partial charge is 0.339 e. The molecular formula is C14H12BrNO5. The largest absolute Gasteiger partial charge is 0.486 e. The summed E-state index contributed by atoms with van der Waals surface area (Å²) in [5.74, 6) is 1.06. The molecule has 1 aliphatic rings. The molecule has 1 amide bonds. The van der Waals surface area contributed by atoms with Crippen molar-refractivity contribution in [2.24, 2.45) is 0 Å². The van der Waals surface area contributed by atoms with Gasteiger partial charge in [-0.2, -0.15) is 0 Å². The van der Waals surface area contributed by atoms with Gasteiger partial charge in [0.1, 0.15) is 17.6 Å². The van der Waals surface area contributed by atoms with Crippen LogP contribution in [0.4, 0.5) is 0 Å². The molecule has 3 heterocycles. The normalized spacial score (nSPS) is 14.9. The molecule has 1 aliphatic heterocycles. The van der Waals surface area contributed by atoms with E-state index in [2.05, 4.69) is 15.9 Å². The first-order valence-electron chi connectivity index (χ1n) is 6.34. The Morgan fingerprint density at radius 2 is 2.10 bits per heavy atom. The molecule has 21 heavy (non-hydrogen) atoms. The van der Waals surface area contributed by atoms with Crippen LogP contribution in [0.25, 0.3) is 0 Å². The molecule has 0 aromatic carbocycles. The Morgan fingerprint density at radius 3 is 2.71 bits per heavy atom. The second-order valence-electron chi connectivity index (χ2n) is 4.78. The maximum atomic E-state index is 12.0. The molecule has 2 aromatic heterocycles. The Bertz CT molecular complexity index is 729. The zero-order chi connectivity index (χ0) is 15.0. The van der Waals surface area contributed by atoms with Crippen molar-refractivity contribution in [2.45, 2.75) is 13.0 Å². The van der Waals surface area contributed by atoms with E-state index in [-0.39, 0.29) is 17.8 Å². The minimum Gasteiger partial charge on any atom is -0.486 e. The van der Waals surface area contributed by atoms with E-state index in [0.717, 1.165) is 0 Å². The lowest BCUT2D eigenvalue weighted by Gasteiger charge is -2.38. The number of hydrogen-bond donors (Lipinski definition) is 0. The van der Waals surface area contributed by atoms with Crippen molar-refractivity contribution in [3.05, 3.63) is 50.9 Å². The molecule has 0 radical (unpaired) electrons. The molecule has 2 aromatic rings. The molecule has 0 N–H and O–H groups in total. The van der Waals surface area contributed by atoms with Gasteiger partial charge >= 0.3 is 5.63 Å². The highest BCUT2D eigenvalue weighted by molar-refractivity contribution is 9.10. The van der Waals surface area contributed by atoms with Crippen LogP contribution in [-0.4, -0.2) is 30.0 Å². The van der Waals surface area contributed by atoms with Crippen LogP contribution in [0.1, 0.15) is 16.3 Å². The van der Waals surface area contributed by atoms with Crippen LogP contribution in [0.5, 0.6) is 5.75 Å². The Hall–Kier alpha value is -2.02. The zero-order valence-corrected chi connectivity index (χ0v) is 12.8. The van der Waals surface area contributed by atoms with Gasteiger partial charge in [0.05, 0.1) is 19.2 Å². The molecule has 0 atom stereocenters. The van der Waals surface area contributed by atoms with Crippen molar-refractivity contribution in [2.75, 3.05) is 13.1 Å². The maximum Gasteiger partial charge on any atom is 0.339 e. The summed E-state index contributed by atoms with van der Waals surface area (Å²) >= 11 is 3.16. The standard InChI is InChI=1S/C14H12BrNO5/c1-8-4-9(5-13(17)19-8)20-10-6-16(7-10)14(18)11-2-3-12(15)21-11/h2-5,10H,6-7H2,1H3. The molecule has 0 bridgehead atoms. The number of halogens is 1. The van der Waals surface area contributed by atoms with Gasteiger partial charge < -0.3 is 18.5 Å². The van der Waals surface area contributed by atoms with E-state index in [1.807, 2.05) is 0 Å². The summed E-state index contributed by atoms with van der Waals surface area (Å²) in [5, 5.41) is 0. The van der Waals surface area contributed by atoms with Crippen LogP contribution < -0.4 is 10.4 Å². The summed E-state index contributed by atoms with van der Waals surface area (Å²) < 4.78 is 16.2. The number of furan rings is 1. The fourth-order valence-electron chi connectivity index (χ4n) is 2.10. The predicted molar refractivity (Wildman–Crippen MR) is 76.4 cm³/mol. The molecule has 7 heteroatoms. The van der Waals surface area contributed by atoms with Crippen LogP contribution in [0.2, 0.25) is 0 Å². The molecule has 0 saturated carbocycles. The predicted octanol–water partition coefficient (Wildman–Crippen LogP) is 2.21. The maximum absolute atomic E-state index is 12.0. The van der Waals surface area contributed by atoms with Crippen LogP contribution in [0.3, 0.4) is 0 Å². The summed E-state index contributed by atoms with van der Waals surface area (Å²) in [6.45, 7) is 2.59. The van der Waals surface area contributed by atoms with Crippen LogP contribution in [0.15, 0.2) is 42.6 Å². The monoisotopic (exact) mass is 353 g/mol. The molecule has 0 unspecified atom stereocenters. The third-order valence-electron chi connectivity index (χ3n) is 3.09. The number of carbonyl (C=O) groups is 1. The number of ether oxygens (including phenoxy) is 1. The average molecular weight is 354 g/mol. The van der Waals surface area contributed by atoms with Gasteiger partial charge in [-0.25, -0.2) is 4.79 Å². The van der Waals surface area contributed by atoms with E-state index in [9.17, 15) is 9.59 Å². The molecule has 1 saturated heterocycles. The summed E-state index contributed by atoms with van der Waals surface area (Å²) in [5.41, 5.74) is -0.447. The molecule has 3 rings (SSSR count). The minimum absolute atomic E-state index is 0.131. The lowest BCUT2D eigenvalue weighted by Crippen LogP contribution is -2.56. The third-order valence-corrected chi connectivity index (χ3v) is 3.52. The van der Waals surface area contributed by atoms with Gasteiger partial charge in [-0.3, -0.25) is 4.79 Å². The van der Waals surface area contributed by atoms with Gasteiger partial charge in [0.15, 0.2) is 10.4 Å². The first-order valence-corrected chi connectivity index (χ1v) is 7.13. The molecule has 0 aliphatic carbocycles. The van der Waals surface area contributed by atoms with Crippen molar-refractivity contribution >= 4 is 21.8 Å². The minimum atomic E-state index is -0.447. The van der Waals surface area contributed by atoms with Crippen molar-refractivity contribution in [1.29, 1.82) is 0 Å². The highest BCUT2D eigenvalue weighted by atomic mass is 79.9. The van der Waals surface area contributed by atoms with E-state index >= 15 is 0 Å². The number of nitrogens with zero attached hydrogens (tertiary/aromatic N) is 1. The SMILES string of the molecule is Cc1cc(OC2CN(C(=O)c3ccc(Br)o3)C2)cc(=O)o1. The summed E-state index contributed by atoms with van der Waals surface area (Å²) in [6.07, 6.45) is -0.131. The summed E-state index contributed by atoms with van der Waals surface area (Å²) in [4.78, 5) is 24.9. The fraction of sp³-hybridized carbons (Fsp3) is 0.286. The quantitative estimate of drug-likeness (QED) is 0.845. The van der Waals surface area contributed by atoms with Gasteiger partial charge in [-0.15, -0.1) is 0 Å².